The molecule has 0 bridgehead atoms. The number of nitrogens with zero attached hydrogens (tertiary/aromatic N) is 1. The average Bonchev–Trinajstić information content (AvgIpc) is 3.53. The molecule has 0 aromatic rings. The van der Waals surface area contributed by atoms with Gasteiger partial charge in [-0.1, -0.05) is 20.8 Å². The van der Waals surface area contributed by atoms with E-state index in [9.17, 15) is 14.3 Å². The van der Waals surface area contributed by atoms with Crippen LogP contribution in [0.15, 0.2) is 0 Å². The normalized spacial score (nSPS) is 48.6. The van der Waals surface area contributed by atoms with Crippen LogP contribution in [0.1, 0.15) is 106 Å². The first-order valence-electron chi connectivity index (χ1n) is 17.9. The summed E-state index contributed by atoms with van der Waals surface area (Å²) in [6, 6.07) is 0. The minimum Gasteiger partial charge on any atom is -0.457 e. The van der Waals surface area contributed by atoms with Gasteiger partial charge in [0.25, 0.3) is 0 Å². The van der Waals surface area contributed by atoms with E-state index in [0.29, 0.717) is 53.7 Å². The molecule has 250 valence electrons. The molecule has 1 N–H and O–H groups in total. The summed E-state index contributed by atoms with van der Waals surface area (Å²) in [6.45, 7) is 14.6. The van der Waals surface area contributed by atoms with Crippen LogP contribution in [-0.2, 0) is 23.7 Å². The van der Waals surface area contributed by atoms with Crippen LogP contribution in [0.25, 0.3) is 0 Å². The molecule has 0 radical (unpaired) electrons. The number of morpholine rings is 1. The summed E-state index contributed by atoms with van der Waals surface area (Å²) in [5.74, 6) is 2.28. The van der Waals surface area contributed by atoms with Gasteiger partial charge in [-0.3, -0.25) is 9.69 Å². The zero-order valence-electron chi connectivity index (χ0n) is 28.1. The van der Waals surface area contributed by atoms with Gasteiger partial charge in [0.2, 0.25) is 0 Å². The number of halogens is 1. The van der Waals surface area contributed by atoms with Gasteiger partial charge in [-0.25, -0.2) is 4.39 Å². The highest BCUT2D eigenvalue weighted by Crippen LogP contribution is 2.87. The lowest BCUT2D eigenvalue weighted by Gasteiger charge is -2.60. The first kappa shape index (κ1) is 31.8. The quantitative estimate of drug-likeness (QED) is 0.355. The van der Waals surface area contributed by atoms with E-state index in [4.69, 9.17) is 18.9 Å². The van der Waals surface area contributed by atoms with Gasteiger partial charge in [-0.2, -0.15) is 0 Å². The number of hydrogen-bond acceptors (Lipinski definition) is 7. The van der Waals surface area contributed by atoms with Gasteiger partial charge in [-0.05, 0) is 123 Å². The Morgan fingerprint density at radius 3 is 2.55 bits per heavy atom. The molecule has 0 aromatic heterocycles. The Kier molecular flexibility index (Phi) is 7.85. The van der Waals surface area contributed by atoms with Gasteiger partial charge >= 0.3 is 5.97 Å². The van der Waals surface area contributed by atoms with Crippen LogP contribution in [0.3, 0.4) is 0 Å². The summed E-state index contributed by atoms with van der Waals surface area (Å²) < 4.78 is 38.3. The van der Waals surface area contributed by atoms with Gasteiger partial charge in [0.1, 0.15) is 6.67 Å². The Balaban J connectivity index is 1.06. The Morgan fingerprint density at radius 1 is 1.05 bits per heavy atom. The van der Waals surface area contributed by atoms with Crippen LogP contribution in [0.5, 0.6) is 0 Å². The number of carbonyl (C=O) groups is 1. The molecule has 2 heterocycles. The fourth-order valence-corrected chi connectivity index (χ4v) is 12.8. The van der Waals surface area contributed by atoms with Crippen molar-refractivity contribution in [2.24, 2.45) is 45.3 Å². The first-order valence-corrected chi connectivity index (χ1v) is 17.9. The van der Waals surface area contributed by atoms with Crippen molar-refractivity contribution in [1.29, 1.82) is 0 Å². The second-order valence-electron chi connectivity index (χ2n) is 17.4. The summed E-state index contributed by atoms with van der Waals surface area (Å²) in [5, 5.41) is 10.9. The van der Waals surface area contributed by atoms with Crippen molar-refractivity contribution >= 4 is 5.97 Å². The number of carbonyl (C=O) groups excluding carboxylic acids is 1. The molecule has 8 heteroatoms. The fourth-order valence-electron chi connectivity index (χ4n) is 12.8. The van der Waals surface area contributed by atoms with Crippen molar-refractivity contribution in [1.82, 2.24) is 4.90 Å². The van der Waals surface area contributed by atoms with E-state index in [1.165, 1.54) is 45.4 Å². The fraction of sp³-hybridized carbons (Fsp3) is 0.972. The van der Waals surface area contributed by atoms with Crippen LogP contribution in [0, 0.1) is 45.3 Å². The smallest absolute Gasteiger partial charge is 0.303 e. The highest BCUT2D eigenvalue weighted by Gasteiger charge is 2.80. The predicted molar refractivity (Wildman–Crippen MR) is 164 cm³/mol. The predicted octanol–water partition coefficient (Wildman–Crippen LogP) is 5.91. The van der Waals surface area contributed by atoms with E-state index in [2.05, 4.69) is 25.7 Å². The van der Waals surface area contributed by atoms with Gasteiger partial charge in [-0.15, -0.1) is 0 Å². The number of esters is 1. The molecule has 44 heavy (non-hydrogen) atoms. The van der Waals surface area contributed by atoms with E-state index in [0.717, 1.165) is 38.1 Å². The van der Waals surface area contributed by atoms with E-state index in [-0.39, 0.29) is 42.7 Å². The highest BCUT2D eigenvalue weighted by atomic mass is 19.1. The third-order valence-electron chi connectivity index (χ3n) is 14.7. The van der Waals surface area contributed by atoms with Crippen molar-refractivity contribution in [2.75, 3.05) is 32.9 Å². The third-order valence-corrected chi connectivity index (χ3v) is 14.7. The topological polar surface area (TPSA) is 77.5 Å². The van der Waals surface area contributed by atoms with E-state index >= 15 is 0 Å². The first-order chi connectivity index (χ1) is 20.7. The Bertz CT molecular complexity index is 1110. The van der Waals surface area contributed by atoms with Crippen molar-refractivity contribution in [3.63, 3.8) is 0 Å². The average molecular weight is 620 g/mol. The molecule has 2 aliphatic heterocycles. The molecule has 7 fully saturated rings. The number of hydrogen-bond donors (Lipinski definition) is 1. The molecule has 7 nitrogen and oxygen atoms in total. The lowest BCUT2D eigenvalue weighted by molar-refractivity contribution is -0.245. The maximum Gasteiger partial charge on any atom is 0.303 e. The Hall–Kier alpha value is -0.800. The van der Waals surface area contributed by atoms with Crippen molar-refractivity contribution in [3.05, 3.63) is 0 Å². The summed E-state index contributed by atoms with van der Waals surface area (Å²) in [4.78, 5) is 14.1. The summed E-state index contributed by atoms with van der Waals surface area (Å²) >= 11 is 0. The molecule has 0 amide bonds. The number of ether oxygens (including phenoxy) is 4. The third kappa shape index (κ3) is 4.77. The molecular formula is C36H58FNO6. The summed E-state index contributed by atoms with van der Waals surface area (Å²) in [5.41, 5.74) is 0.137. The molecule has 9 unspecified atom stereocenters. The van der Waals surface area contributed by atoms with Gasteiger partial charge in [0, 0.05) is 26.6 Å². The maximum atomic E-state index is 13.0. The van der Waals surface area contributed by atoms with Gasteiger partial charge < -0.3 is 24.1 Å². The van der Waals surface area contributed by atoms with E-state index in [1.807, 2.05) is 0 Å². The summed E-state index contributed by atoms with van der Waals surface area (Å²) in [7, 11) is 0. The van der Waals surface area contributed by atoms with Crippen LogP contribution >= 0.6 is 0 Å². The van der Waals surface area contributed by atoms with E-state index in [1.54, 1.807) is 13.8 Å². The molecule has 5 saturated carbocycles. The van der Waals surface area contributed by atoms with Crippen molar-refractivity contribution < 1.29 is 33.2 Å². The number of rotatable bonds is 7. The number of fused-ring (bicyclic) bond motifs is 4. The monoisotopic (exact) mass is 619 g/mol. The van der Waals surface area contributed by atoms with Crippen molar-refractivity contribution in [3.8, 4) is 0 Å². The van der Waals surface area contributed by atoms with Crippen molar-refractivity contribution in [2.45, 2.75) is 142 Å². The Labute approximate surface area is 264 Å². The Morgan fingerprint density at radius 2 is 1.82 bits per heavy atom. The molecule has 7 aliphatic rings. The molecule has 2 spiro atoms. The minimum atomic E-state index is -1.15. The lowest BCUT2D eigenvalue weighted by atomic mass is 9.46. The van der Waals surface area contributed by atoms with Gasteiger partial charge in [0.05, 0.1) is 30.5 Å². The van der Waals surface area contributed by atoms with Crippen LogP contribution < -0.4 is 0 Å². The second kappa shape index (κ2) is 10.9. The lowest BCUT2D eigenvalue weighted by Crippen LogP contribution is -2.56. The molecular weight excluding hydrogens is 561 g/mol. The largest absolute Gasteiger partial charge is 0.457 e. The minimum absolute atomic E-state index is 0.0853. The van der Waals surface area contributed by atoms with Crippen LogP contribution in [0.2, 0.25) is 0 Å². The van der Waals surface area contributed by atoms with Crippen LogP contribution in [-0.4, -0.2) is 85.2 Å². The number of alkyl halides is 1. The molecule has 0 aromatic carbocycles. The zero-order valence-corrected chi connectivity index (χ0v) is 28.1. The maximum absolute atomic E-state index is 13.0. The van der Waals surface area contributed by atoms with Crippen LogP contribution in [0.4, 0.5) is 4.39 Å². The SMILES string of the molecule is CC(=O)O[C@@H](C1CCC2C(CC3C4CCC5C(C)(C)[C@@H](OC6CN(CCF)CCO6)CCC56C[C@@]46CCC23C)O1)C(C)(C)O. The van der Waals surface area contributed by atoms with E-state index < -0.39 is 11.7 Å². The highest BCUT2D eigenvalue weighted by molar-refractivity contribution is 5.66. The second-order valence-corrected chi connectivity index (χ2v) is 17.4. The molecule has 7 rings (SSSR count). The standard InChI is InChI=1S/C36H58FNO6/c1-22(39)42-31(33(4,5)40)26-9-7-24-27(43-26)19-25-23-8-10-28-32(2,3)29(44-30-20-38(16-15-37)17-18-41-30)11-12-36(28)21-35(23,36)14-13-34(24,25)6/h23-31,40H,7-21H2,1-6H3/t23?,24?,25?,26?,27?,28?,29-,30?,31-,34?,35-,36?/m0/s1. The zero-order chi connectivity index (χ0) is 31.3. The molecule has 12 atom stereocenters. The molecule has 2 saturated heterocycles. The molecule has 5 aliphatic carbocycles. The summed E-state index contributed by atoms with van der Waals surface area (Å²) in [6.07, 6.45) is 11.2. The van der Waals surface area contributed by atoms with Gasteiger partial charge in [0.15, 0.2) is 12.4 Å². The number of aliphatic hydroxyl groups is 1.